The standard InChI is InChI=1S/C9H17N3O/c1-3-9(13)12-5-4-11(2)7-8(12)6-10/h3,8H,1,4-7,10H2,2H3. The molecule has 74 valence electrons. The topological polar surface area (TPSA) is 49.6 Å². The van der Waals surface area contributed by atoms with Crippen molar-refractivity contribution in [1.29, 1.82) is 0 Å². The first kappa shape index (κ1) is 10.2. The van der Waals surface area contributed by atoms with Crippen LogP contribution < -0.4 is 5.73 Å². The van der Waals surface area contributed by atoms with Gasteiger partial charge in [-0.1, -0.05) is 6.58 Å². The van der Waals surface area contributed by atoms with E-state index in [4.69, 9.17) is 5.73 Å². The number of nitrogens with zero attached hydrogens (tertiary/aromatic N) is 2. The third kappa shape index (κ3) is 2.29. The van der Waals surface area contributed by atoms with E-state index in [-0.39, 0.29) is 11.9 Å². The van der Waals surface area contributed by atoms with Gasteiger partial charge in [0.15, 0.2) is 0 Å². The normalized spacial score (nSPS) is 24.5. The van der Waals surface area contributed by atoms with Crippen LogP contribution >= 0.6 is 0 Å². The first-order valence-electron chi connectivity index (χ1n) is 4.50. The van der Waals surface area contributed by atoms with Crippen molar-refractivity contribution in [2.45, 2.75) is 6.04 Å². The molecule has 0 aliphatic carbocycles. The highest BCUT2D eigenvalue weighted by atomic mass is 16.2. The zero-order valence-corrected chi connectivity index (χ0v) is 8.07. The van der Waals surface area contributed by atoms with Gasteiger partial charge in [-0.05, 0) is 13.1 Å². The number of piperazine rings is 1. The summed E-state index contributed by atoms with van der Waals surface area (Å²) in [5.41, 5.74) is 5.59. The smallest absolute Gasteiger partial charge is 0.246 e. The molecule has 1 atom stereocenters. The lowest BCUT2D eigenvalue weighted by Gasteiger charge is -2.38. The van der Waals surface area contributed by atoms with Crippen molar-refractivity contribution in [3.8, 4) is 0 Å². The monoisotopic (exact) mass is 183 g/mol. The Hall–Kier alpha value is -0.870. The van der Waals surface area contributed by atoms with E-state index >= 15 is 0 Å². The van der Waals surface area contributed by atoms with Gasteiger partial charge in [0.05, 0.1) is 6.04 Å². The van der Waals surface area contributed by atoms with E-state index in [9.17, 15) is 4.79 Å². The van der Waals surface area contributed by atoms with Crippen LogP contribution in [0.4, 0.5) is 0 Å². The molecule has 1 rings (SSSR count). The molecule has 0 aromatic carbocycles. The molecule has 0 saturated carbocycles. The van der Waals surface area contributed by atoms with Crippen molar-refractivity contribution < 1.29 is 4.79 Å². The molecule has 0 aromatic rings. The highest BCUT2D eigenvalue weighted by Crippen LogP contribution is 2.07. The Balaban J connectivity index is 2.62. The fourth-order valence-electron chi connectivity index (χ4n) is 1.62. The molecule has 0 bridgehead atoms. The molecule has 1 aliphatic rings. The fourth-order valence-corrected chi connectivity index (χ4v) is 1.62. The van der Waals surface area contributed by atoms with Crippen LogP contribution in [0.2, 0.25) is 0 Å². The summed E-state index contributed by atoms with van der Waals surface area (Å²) in [5, 5.41) is 0. The maximum Gasteiger partial charge on any atom is 0.246 e. The number of rotatable bonds is 2. The van der Waals surface area contributed by atoms with Gasteiger partial charge in [0.25, 0.3) is 0 Å². The van der Waals surface area contributed by atoms with Crippen LogP contribution in [-0.2, 0) is 4.79 Å². The van der Waals surface area contributed by atoms with Crippen molar-refractivity contribution in [3.05, 3.63) is 12.7 Å². The van der Waals surface area contributed by atoms with Gasteiger partial charge >= 0.3 is 0 Å². The summed E-state index contributed by atoms with van der Waals surface area (Å²) in [5.74, 6) is -0.0106. The summed E-state index contributed by atoms with van der Waals surface area (Å²) in [6, 6.07) is 0.143. The van der Waals surface area contributed by atoms with Gasteiger partial charge in [0, 0.05) is 26.2 Å². The molecule has 0 radical (unpaired) electrons. The van der Waals surface area contributed by atoms with Gasteiger partial charge in [-0.15, -0.1) is 0 Å². The van der Waals surface area contributed by atoms with Crippen LogP contribution in [0.15, 0.2) is 12.7 Å². The molecular weight excluding hydrogens is 166 g/mol. The van der Waals surface area contributed by atoms with E-state index in [0.717, 1.165) is 19.6 Å². The molecule has 4 heteroatoms. The highest BCUT2D eigenvalue weighted by molar-refractivity contribution is 5.87. The molecular formula is C9H17N3O. The van der Waals surface area contributed by atoms with Crippen LogP contribution in [-0.4, -0.2) is 55.0 Å². The molecule has 1 unspecified atom stereocenters. The van der Waals surface area contributed by atoms with E-state index < -0.39 is 0 Å². The molecule has 0 spiro atoms. The predicted octanol–water partition coefficient (Wildman–Crippen LogP) is -0.726. The van der Waals surface area contributed by atoms with Crippen molar-refractivity contribution in [2.24, 2.45) is 5.73 Å². The number of likely N-dealkylation sites (N-methyl/N-ethyl adjacent to an activating group) is 1. The Labute approximate surface area is 79.0 Å². The summed E-state index contributed by atoms with van der Waals surface area (Å²) in [6.07, 6.45) is 1.36. The minimum absolute atomic E-state index is 0.0106. The number of hydrogen-bond acceptors (Lipinski definition) is 3. The molecule has 1 fully saturated rings. The van der Waals surface area contributed by atoms with Crippen molar-refractivity contribution in [2.75, 3.05) is 33.2 Å². The maximum atomic E-state index is 11.4. The molecule has 1 aliphatic heterocycles. The molecule has 13 heavy (non-hydrogen) atoms. The molecule has 1 saturated heterocycles. The summed E-state index contributed by atoms with van der Waals surface area (Å²) in [4.78, 5) is 15.4. The van der Waals surface area contributed by atoms with Crippen LogP contribution in [0.25, 0.3) is 0 Å². The van der Waals surface area contributed by atoms with Crippen molar-refractivity contribution >= 4 is 5.91 Å². The number of carbonyl (C=O) groups is 1. The van der Waals surface area contributed by atoms with E-state index in [1.807, 2.05) is 7.05 Å². The van der Waals surface area contributed by atoms with Gasteiger partial charge in [-0.2, -0.15) is 0 Å². The number of carbonyl (C=O) groups excluding carboxylic acids is 1. The van der Waals surface area contributed by atoms with Crippen molar-refractivity contribution in [1.82, 2.24) is 9.80 Å². The summed E-state index contributed by atoms with van der Waals surface area (Å²) in [6.45, 7) is 6.52. The maximum absolute atomic E-state index is 11.4. The predicted molar refractivity (Wildman–Crippen MR) is 52.2 cm³/mol. The molecule has 0 aromatic heterocycles. The molecule has 1 amide bonds. The lowest BCUT2D eigenvalue weighted by Crippen LogP contribution is -2.56. The van der Waals surface area contributed by atoms with E-state index in [1.165, 1.54) is 6.08 Å². The number of nitrogens with two attached hydrogens (primary N) is 1. The Kier molecular flexibility index (Phi) is 3.45. The average Bonchev–Trinajstić information content (AvgIpc) is 2.16. The summed E-state index contributed by atoms with van der Waals surface area (Å²) in [7, 11) is 2.04. The highest BCUT2D eigenvalue weighted by Gasteiger charge is 2.26. The van der Waals surface area contributed by atoms with Gasteiger partial charge < -0.3 is 15.5 Å². The molecule has 1 heterocycles. The van der Waals surface area contributed by atoms with Gasteiger partial charge in [0.2, 0.25) is 5.91 Å². The van der Waals surface area contributed by atoms with Crippen LogP contribution in [0.5, 0.6) is 0 Å². The SMILES string of the molecule is C=CC(=O)N1CCN(C)CC1CN. The first-order valence-corrected chi connectivity index (χ1v) is 4.50. The summed E-state index contributed by atoms with van der Waals surface area (Å²) >= 11 is 0. The Morgan fingerprint density at radius 2 is 2.38 bits per heavy atom. The Morgan fingerprint density at radius 3 is 2.92 bits per heavy atom. The Morgan fingerprint density at radius 1 is 1.69 bits per heavy atom. The second-order valence-corrected chi connectivity index (χ2v) is 3.39. The van der Waals surface area contributed by atoms with Crippen LogP contribution in [0.1, 0.15) is 0 Å². The average molecular weight is 183 g/mol. The minimum Gasteiger partial charge on any atom is -0.332 e. The van der Waals surface area contributed by atoms with E-state index in [0.29, 0.717) is 6.54 Å². The van der Waals surface area contributed by atoms with E-state index in [2.05, 4.69) is 11.5 Å². The summed E-state index contributed by atoms with van der Waals surface area (Å²) < 4.78 is 0. The van der Waals surface area contributed by atoms with E-state index in [1.54, 1.807) is 4.90 Å². The second-order valence-electron chi connectivity index (χ2n) is 3.39. The van der Waals surface area contributed by atoms with Crippen LogP contribution in [0.3, 0.4) is 0 Å². The van der Waals surface area contributed by atoms with Gasteiger partial charge in [-0.3, -0.25) is 4.79 Å². The third-order valence-electron chi connectivity index (χ3n) is 2.42. The van der Waals surface area contributed by atoms with Gasteiger partial charge in [0.1, 0.15) is 0 Å². The zero-order chi connectivity index (χ0) is 9.84. The third-order valence-corrected chi connectivity index (χ3v) is 2.42. The fraction of sp³-hybridized carbons (Fsp3) is 0.667. The largest absolute Gasteiger partial charge is 0.332 e. The Bertz CT molecular complexity index is 205. The molecule has 2 N–H and O–H groups in total. The van der Waals surface area contributed by atoms with Crippen molar-refractivity contribution in [3.63, 3.8) is 0 Å². The molecule has 4 nitrogen and oxygen atoms in total. The van der Waals surface area contributed by atoms with Crippen LogP contribution in [0, 0.1) is 0 Å². The second kappa shape index (κ2) is 4.39. The quantitative estimate of drug-likeness (QED) is 0.574. The number of hydrogen-bond donors (Lipinski definition) is 1. The lowest BCUT2D eigenvalue weighted by atomic mass is 10.1. The lowest BCUT2D eigenvalue weighted by molar-refractivity contribution is -0.130. The first-order chi connectivity index (χ1) is 6.19. The minimum atomic E-state index is -0.0106. The zero-order valence-electron chi connectivity index (χ0n) is 8.07. The number of amides is 1. The van der Waals surface area contributed by atoms with Gasteiger partial charge in [-0.25, -0.2) is 0 Å².